The predicted molar refractivity (Wildman–Crippen MR) is 82.9 cm³/mol. The van der Waals surface area contributed by atoms with Gasteiger partial charge in [-0.05, 0) is 51.8 Å². The maximum Gasteiger partial charge on any atom is 0.127 e. The van der Waals surface area contributed by atoms with Crippen LogP contribution in [0.4, 0.5) is 4.39 Å². The molecule has 0 aliphatic carbocycles. The van der Waals surface area contributed by atoms with Crippen LogP contribution in [0.5, 0.6) is 0 Å². The molecule has 0 spiro atoms. The van der Waals surface area contributed by atoms with Gasteiger partial charge in [0, 0.05) is 23.7 Å². The standard InChI is InChI=1S/C16H25ClFNO/c1-5-19-12(9-10-16(2,3)20-4)11-13-14(17)7-6-8-15(13)18/h6-8,12,19H,5,9-11H2,1-4H3. The fraction of sp³-hybridized carbons (Fsp3) is 0.625. The molecule has 0 aromatic heterocycles. The molecule has 2 nitrogen and oxygen atoms in total. The van der Waals surface area contributed by atoms with Crippen molar-refractivity contribution in [3.05, 3.63) is 34.6 Å². The van der Waals surface area contributed by atoms with Crippen LogP contribution in [0, 0.1) is 5.82 Å². The molecule has 1 aromatic carbocycles. The van der Waals surface area contributed by atoms with Crippen LogP contribution in [0.25, 0.3) is 0 Å². The van der Waals surface area contributed by atoms with Crippen LogP contribution in [-0.4, -0.2) is 25.3 Å². The highest BCUT2D eigenvalue weighted by Gasteiger charge is 2.20. The fourth-order valence-electron chi connectivity index (χ4n) is 2.16. The molecule has 1 rings (SSSR count). The number of rotatable bonds is 8. The van der Waals surface area contributed by atoms with Crippen molar-refractivity contribution in [2.75, 3.05) is 13.7 Å². The third-order valence-electron chi connectivity index (χ3n) is 3.65. The van der Waals surface area contributed by atoms with Crippen LogP contribution in [0.2, 0.25) is 5.02 Å². The van der Waals surface area contributed by atoms with Crippen LogP contribution >= 0.6 is 11.6 Å². The van der Waals surface area contributed by atoms with Crippen LogP contribution in [0.1, 0.15) is 39.2 Å². The summed E-state index contributed by atoms with van der Waals surface area (Å²) in [7, 11) is 1.72. The monoisotopic (exact) mass is 301 g/mol. The van der Waals surface area contributed by atoms with Crippen LogP contribution < -0.4 is 5.32 Å². The molecule has 1 atom stereocenters. The molecule has 0 aliphatic rings. The minimum absolute atomic E-state index is 0.160. The Balaban J connectivity index is 2.72. The lowest BCUT2D eigenvalue weighted by Crippen LogP contribution is -2.34. The topological polar surface area (TPSA) is 21.3 Å². The van der Waals surface area contributed by atoms with Gasteiger partial charge < -0.3 is 10.1 Å². The van der Waals surface area contributed by atoms with Gasteiger partial charge in [0.25, 0.3) is 0 Å². The Labute approximate surface area is 126 Å². The quantitative estimate of drug-likeness (QED) is 0.777. The first-order chi connectivity index (χ1) is 9.39. The van der Waals surface area contributed by atoms with Gasteiger partial charge in [-0.15, -0.1) is 0 Å². The highest BCUT2D eigenvalue weighted by Crippen LogP contribution is 2.23. The van der Waals surface area contributed by atoms with E-state index in [1.807, 2.05) is 0 Å². The van der Waals surface area contributed by atoms with Crippen LogP contribution in [-0.2, 0) is 11.2 Å². The molecule has 0 heterocycles. The summed E-state index contributed by atoms with van der Waals surface area (Å²) in [5.74, 6) is -0.230. The van der Waals surface area contributed by atoms with Gasteiger partial charge in [-0.3, -0.25) is 0 Å². The smallest absolute Gasteiger partial charge is 0.127 e. The van der Waals surface area contributed by atoms with E-state index in [0.29, 0.717) is 17.0 Å². The van der Waals surface area contributed by atoms with E-state index in [1.165, 1.54) is 6.07 Å². The third kappa shape index (κ3) is 5.39. The van der Waals surface area contributed by atoms with Crippen molar-refractivity contribution >= 4 is 11.6 Å². The third-order valence-corrected chi connectivity index (χ3v) is 4.01. The van der Waals surface area contributed by atoms with Gasteiger partial charge in [0.2, 0.25) is 0 Å². The van der Waals surface area contributed by atoms with E-state index in [-0.39, 0.29) is 17.5 Å². The van der Waals surface area contributed by atoms with Gasteiger partial charge in [0.15, 0.2) is 0 Å². The SMILES string of the molecule is CCNC(CCC(C)(C)OC)Cc1c(F)cccc1Cl. The molecule has 0 saturated heterocycles. The number of methoxy groups -OCH3 is 1. The minimum atomic E-state index is -0.230. The highest BCUT2D eigenvalue weighted by molar-refractivity contribution is 6.31. The first kappa shape index (κ1) is 17.4. The molecule has 1 N–H and O–H groups in total. The van der Waals surface area contributed by atoms with Gasteiger partial charge >= 0.3 is 0 Å². The van der Waals surface area contributed by atoms with Crippen LogP contribution in [0.3, 0.4) is 0 Å². The maximum atomic E-state index is 13.9. The Hall–Kier alpha value is -0.640. The molecule has 20 heavy (non-hydrogen) atoms. The molecular weight excluding hydrogens is 277 g/mol. The summed E-state index contributed by atoms with van der Waals surface area (Å²) in [5.41, 5.74) is 0.433. The molecule has 114 valence electrons. The lowest BCUT2D eigenvalue weighted by molar-refractivity contribution is 0.0117. The zero-order chi connectivity index (χ0) is 15.2. The largest absolute Gasteiger partial charge is 0.379 e. The van der Waals surface area contributed by atoms with Crippen molar-refractivity contribution in [1.29, 1.82) is 0 Å². The molecule has 0 amide bonds. The predicted octanol–water partition coefficient (Wildman–Crippen LogP) is 4.20. The first-order valence-electron chi connectivity index (χ1n) is 7.11. The summed E-state index contributed by atoms with van der Waals surface area (Å²) in [6, 6.07) is 5.03. The Morgan fingerprint density at radius 3 is 2.65 bits per heavy atom. The lowest BCUT2D eigenvalue weighted by atomic mass is 9.95. The second-order valence-corrected chi connectivity index (χ2v) is 6.07. The zero-order valence-electron chi connectivity index (χ0n) is 12.8. The second kappa shape index (κ2) is 7.96. The second-order valence-electron chi connectivity index (χ2n) is 5.66. The van der Waals surface area contributed by atoms with Crippen molar-refractivity contribution < 1.29 is 9.13 Å². The van der Waals surface area contributed by atoms with Crippen molar-refractivity contribution in [1.82, 2.24) is 5.32 Å². The summed E-state index contributed by atoms with van der Waals surface area (Å²) in [6.07, 6.45) is 2.42. The van der Waals surface area contributed by atoms with E-state index < -0.39 is 0 Å². The minimum Gasteiger partial charge on any atom is -0.379 e. The van der Waals surface area contributed by atoms with Gasteiger partial charge in [-0.2, -0.15) is 0 Å². The van der Waals surface area contributed by atoms with Gasteiger partial charge in [0.05, 0.1) is 5.60 Å². The molecule has 0 saturated carbocycles. The Morgan fingerprint density at radius 2 is 2.10 bits per heavy atom. The van der Waals surface area contributed by atoms with Crippen molar-refractivity contribution in [3.63, 3.8) is 0 Å². The Morgan fingerprint density at radius 1 is 1.40 bits per heavy atom. The van der Waals surface area contributed by atoms with Crippen molar-refractivity contribution in [3.8, 4) is 0 Å². The van der Waals surface area contributed by atoms with Gasteiger partial charge in [-0.25, -0.2) is 4.39 Å². The lowest BCUT2D eigenvalue weighted by Gasteiger charge is -2.26. The van der Waals surface area contributed by atoms with E-state index in [1.54, 1.807) is 19.2 Å². The molecular formula is C16H25ClFNO. The summed E-state index contributed by atoms with van der Waals surface area (Å²) < 4.78 is 19.3. The molecule has 0 radical (unpaired) electrons. The maximum absolute atomic E-state index is 13.9. The first-order valence-corrected chi connectivity index (χ1v) is 7.49. The number of hydrogen-bond acceptors (Lipinski definition) is 2. The summed E-state index contributed by atoms with van der Waals surface area (Å²) >= 11 is 6.10. The van der Waals surface area contributed by atoms with Crippen molar-refractivity contribution in [2.24, 2.45) is 0 Å². The van der Waals surface area contributed by atoms with E-state index >= 15 is 0 Å². The molecule has 1 unspecified atom stereocenters. The number of likely N-dealkylation sites (N-methyl/N-ethyl adjacent to an activating group) is 1. The number of ether oxygens (including phenoxy) is 1. The number of hydrogen-bond donors (Lipinski definition) is 1. The summed E-state index contributed by atoms with van der Waals surface area (Å²) in [4.78, 5) is 0. The zero-order valence-corrected chi connectivity index (χ0v) is 13.6. The van der Waals surface area contributed by atoms with E-state index in [0.717, 1.165) is 19.4 Å². The number of nitrogens with one attached hydrogen (secondary N) is 1. The molecule has 0 fully saturated rings. The number of halogens is 2. The molecule has 1 aromatic rings. The summed E-state index contributed by atoms with van der Waals surface area (Å²) in [6.45, 7) is 7.03. The van der Waals surface area contributed by atoms with E-state index in [9.17, 15) is 4.39 Å². The molecule has 4 heteroatoms. The van der Waals surface area contributed by atoms with Crippen molar-refractivity contribution in [2.45, 2.75) is 51.7 Å². The average Bonchev–Trinajstić information content (AvgIpc) is 2.40. The molecule has 0 aliphatic heterocycles. The van der Waals surface area contributed by atoms with E-state index in [2.05, 4.69) is 26.1 Å². The average molecular weight is 302 g/mol. The van der Waals surface area contributed by atoms with Gasteiger partial charge in [0.1, 0.15) is 5.82 Å². The number of benzene rings is 1. The fourth-order valence-corrected chi connectivity index (χ4v) is 2.40. The normalized spacial score (nSPS) is 13.5. The van der Waals surface area contributed by atoms with E-state index in [4.69, 9.17) is 16.3 Å². The summed E-state index contributed by atoms with van der Waals surface area (Å²) in [5, 5.41) is 3.90. The van der Waals surface area contributed by atoms with Crippen LogP contribution in [0.15, 0.2) is 18.2 Å². The highest BCUT2D eigenvalue weighted by atomic mass is 35.5. The Bertz CT molecular complexity index is 403. The Kier molecular flexibility index (Phi) is 6.93. The molecule has 0 bridgehead atoms. The van der Waals surface area contributed by atoms with Gasteiger partial charge in [-0.1, -0.05) is 24.6 Å².